The standard InChI is InChI=1S/C9H11F3N2O/c1-13-5-7-3-2-4-8(14-7)15-6-9(10,11)12/h2-4,13H,5-6H2,1H3. The molecule has 0 unspecified atom stereocenters. The van der Waals surface area contributed by atoms with Gasteiger partial charge in [0.05, 0.1) is 5.69 Å². The highest BCUT2D eigenvalue weighted by Crippen LogP contribution is 2.16. The predicted molar refractivity (Wildman–Crippen MR) is 48.6 cm³/mol. The Kier molecular flexibility index (Phi) is 3.90. The average molecular weight is 220 g/mol. The van der Waals surface area contributed by atoms with Crippen LogP contribution in [0.15, 0.2) is 18.2 Å². The van der Waals surface area contributed by atoms with Crippen molar-refractivity contribution in [2.75, 3.05) is 13.7 Å². The minimum absolute atomic E-state index is 0.0138. The summed E-state index contributed by atoms with van der Waals surface area (Å²) in [6, 6.07) is 4.70. The molecule has 0 radical (unpaired) electrons. The molecule has 0 saturated heterocycles. The fraction of sp³-hybridized carbons (Fsp3) is 0.444. The Morgan fingerprint density at radius 1 is 1.40 bits per heavy atom. The fourth-order valence-electron chi connectivity index (χ4n) is 0.973. The average Bonchev–Trinajstić information content (AvgIpc) is 2.15. The van der Waals surface area contributed by atoms with Crippen molar-refractivity contribution >= 4 is 0 Å². The van der Waals surface area contributed by atoms with Crippen LogP contribution in [0.3, 0.4) is 0 Å². The molecule has 15 heavy (non-hydrogen) atoms. The SMILES string of the molecule is CNCc1cccc(OCC(F)(F)F)n1. The lowest BCUT2D eigenvalue weighted by Gasteiger charge is -2.08. The van der Waals surface area contributed by atoms with Crippen LogP contribution in [0.4, 0.5) is 13.2 Å². The van der Waals surface area contributed by atoms with Crippen molar-refractivity contribution in [1.29, 1.82) is 0 Å². The molecule has 0 fully saturated rings. The van der Waals surface area contributed by atoms with Crippen LogP contribution >= 0.6 is 0 Å². The number of alkyl halides is 3. The zero-order valence-corrected chi connectivity index (χ0v) is 8.14. The number of hydrogen-bond acceptors (Lipinski definition) is 3. The van der Waals surface area contributed by atoms with Crippen molar-refractivity contribution in [1.82, 2.24) is 10.3 Å². The van der Waals surface area contributed by atoms with Crippen molar-refractivity contribution in [3.05, 3.63) is 23.9 Å². The minimum atomic E-state index is -4.33. The number of aromatic nitrogens is 1. The summed E-state index contributed by atoms with van der Waals surface area (Å²) >= 11 is 0. The molecule has 0 bridgehead atoms. The summed E-state index contributed by atoms with van der Waals surface area (Å²) in [5.41, 5.74) is 0.636. The molecule has 1 N–H and O–H groups in total. The molecule has 0 saturated carbocycles. The van der Waals surface area contributed by atoms with Gasteiger partial charge < -0.3 is 10.1 Å². The van der Waals surface area contributed by atoms with Crippen molar-refractivity contribution in [2.45, 2.75) is 12.7 Å². The van der Waals surface area contributed by atoms with Crippen LogP contribution in [0, 0.1) is 0 Å². The van der Waals surface area contributed by atoms with Crippen LogP contribution in [0.2, 0.25) is 0 Å². The second kappa shape index (κ2) is 4.97. The maximum atomic E-state index is 11.8. The Hall–Kier alpha value is -1.30. The Bertz CT molecular complexity index is 314. The molecule has 3 nitrogen and oxygen atoms in total. The molecule has 1 heterocycles. The van der Waals surface area contributed by atoms with Gasteiger partial charge in [0.25, 0.3) is 0 Å². The summed E-state index contributed by atoms with van der Waals surface area (Å²) < 4.78 is 40.0. The third-order valence-corrected chi connectivity index (χ3v) is 1.52. The summed E-state index contributed by atoms with van der Waals surface area (Å²) in [6.45, 7) is -0.827. The highest BCUT2D eigenvalue weighted by atomic mass is 19.4. The van der Waals surface area contributed by atoms with E-state index in [2.05, 4.69) is 15.0 Å². The van der Waals surface area contributed by atoms with Gasteiger partial charge in [-0.25, -0.2) is 4.98 Å². The van der Waals surface area contributed by atoms with Crippen LogP contribution in [-0.2, 0) is 6.54 Å². The monoisotopic (exact) mass is 220 g/mol. The summed E-state index contributed by atoms with van der Waals surface area (Å²) in [5.74, 6) is -0.0138. The predicted octanol–water partition coefficient (Wildman–Crippen LogP) is 1.74. The maximum Gasteiger partial charge on any atom is 0.422 e. The normalized spacial score (nSPS) is 11.5. The highest BCUT2D eigenvalue weighted by Gasteiger charge is 2.28. The molecule has 1 rings (SSSR count). The Labute approximate surface area is 85.3 Å². The molecule has 0 aliphatic carbocycles. The first-order valence-electron chi connectivity index (χ1n) is 4.31. The van der Waals surface area contributed by atoms with E-state index in [1.54, 1.807) is 19.2 Å². The molecule has 1 aromatic heterocycles. The molecule has 0 atom stereocenters. The van der Waals surface area contributed by atoms with E-state index in [1.165, 1.54) is 6.07 Å². The van der Waals surface area contributed by atoms with E-state index >= 15 is 0 Å². The molecular formula is C9H11F3N2O. The zero-order chi connectivity index (χ0) is 11.3. The van der Waals surface area contributed by atoms with E-state index < -0.39 is 12.8 Å². The molecule has 0 amide bonds. The third-order valence-electron chi connectivity index (χ3n) is 1.52. The van der Waals surface area contributed by atoms with Gasteiger partial charge in [-0.3, -0.25) is 0 Å². The van der Waals surface area contributed by atoms with Gasteiger partial charge >= 0.3 is 6.18 Å². The van der Waals surface area contributed by atoms with Gasteiger partial charge in [-0.05, 0) is 13.1 Å². The van der Waals surface area contributed by atoms with Crippen molar-refractivity contribution < 1.29 is 17.9 Å². The maximum absolute atomic E-state index is 11.8. The van der Waals surface area contributed by atoms with E-state index in [1.807, 2.05) is 0 Å². The summed E-state index contributed by atoms with van der Waals surface area (Å²) in [5, 5.41) is 2.84. The summed E-state index contributed by atoms with van der Waals surface area (Å²) in [7, 11) is 1.73. The lowest BCUT2D eigenvalue weighted by atomic mass is 10.3. The van der Waals surface area contributed by atoms with E-state index in [0.29, 0.717) is 12.2 Å². The van der Waals surface area contributed by atoms with Crippen LogP contribution in [0.1, 0.15) is 5.69 Å². The first kappa shape index (κ1) is 11.8. The van der Waals surface area contributed by atoms with Crippen LogP contribution in [0.25, 0.3) is 0 Å². The molecule has 84 valence electrons. The minimum Gasteiger partial charge on any atom is -0.468 e. The smallest absolute Gasteiger partial charge is 0.422 e. The van der Waals surface area contributed by atoms with Gasteiger partial charge in [-0.2, -0.15) is 13.2 Å². The highest BCUT2D eigenvalue weighted by molar-refractivity contribution is 5.15. The van der Waals surface area contributed by atoms with E-state index in [0.717, 1.165) is 0 Å². The molecule has 1 aromatic rings. The van der Waals surface area contributed by atoms with Crippen LogP contribution in [0.5, 0.6) is 5.88 Å². The van der Waals surface area contributed by atoms with E-state index in [4.69, 9.17) is 0 Å². The van der Waals surface area contributed by atoms with Gasteiger partial charge in [0.1, 0.15) is 0 Å². The second-order valence-corrected chi connectivity index (χ2v) is 2.90. The zero-order valence-electron chi connectivity index (χ0n) is 8.14. The first-order valence-corrected chi connectivity index (χ1v) is 4.31. The summed E-state index contributed by atoms with van der Waals surface area (Å²) in [4.78, 5) is 3.88. The number of halogens is 3. The fourth-order valence-corrected chi connectivity index (χ4v) is 0.973. The second-order valence-electron chi connectivity index (χ2n) is 2.90. The number of hydrogen-bond donors (Lipinski definition) is 1. The van der Waals surface area contributed by atoms with Gasteiger partial charge in [0.15, 0.2) is 6.61 Å². The number of nitrogens with one attached hydrogen (secondary N) is 1. The molecule has 0 aliphatic heterocycles. The molecular weight excluding hydrogens is 209 g/mol. The number of nitrogens with zero attached hydrogens (tertiary/aromatic N) is 1. The quantitative estimate of drug-likeness (QED) is 0.839. The van der Waals surface area contributed by atoms with Gasteiger partial charge in [0.2, 0.25) is 5.88 Å². The van der Waals surface area contributed by atoms with Gasteiger partial charge in [-0.1, -0.05) is 6.07 Å². The molecule has 0 spiro atoms. The largest absolute Gasteiger partial charge is 0.468 e. The third kappa shape index (κ3) is 4.64. The van der Waals surface area contributed by atoms with E-state index in [9.17, 15) is 13.2 Å². The van der Waals surface area contributed by atoms with Crippen molar-refractivity contribution in [3.63, 3.8) is 0 Å². The number of pyridine rings is 1. The van der Waals surface area contributed by atoms with Crippen molar-refractivity contribution in [3.8, 4) is 5.88 Å². The van der Waals surface area contributed by atoms with Crippen LogP contribution in [-0.4, -0.2) is 24.8 Å². The van der Waals surface area contributed by atoms with Gasteiger partial charge in [0, 0.05) is 12.6 Å². The van der Waals surface area contributed by atoms with Crippen LogP contribution < -0.4 is 10.1 Å². The molecule has 0 aromatic carbocycles. The lowest BCUT2D eigenvalue weighted by molar-refractivity contribution is -0.154. The van der Waals surface area contributed by atoms with E-state index in [-0.39, 0.29) is 5.88 Å². The van der Waals surface area contributed by atoms with Gasteiger partial charge in [-0.15, -0.1) is 0 Å². The number of rotatable bonds is 4. The Morgan fingerprint density at radius 2 is 2.13 bits per heavy atom. The molecule has 6 heteroatoms. The molecule has 0 aliphatic rings. The summed E-state index contributed by atoms with van der Waals surface area (Å²) in [6.07, 6.45) is -4.33. The number of ether oxygens (including phenoxy) is 1. The van der Waals surface area contributed by atoms with Crippen molar-refractivity contribution in [2.24, 2.45) is 0 Å². The topological polar surface area (TPSA) is 34.1 Å². The lowest BCUT2D eigenvalue weighted by Crippen LogP contribution is -2.20. The first-order chi connectivity index (χ1) is 7.01. The Morgan fingerprint density at radius 3 is 2.73 bits per heavy atom. The Balaban J connectivity index is 2.57.